The largest absolute Gasteiger partial charge is 0.455 e. The normalized spacial score (nSPS) is 16.6. The van der Waals surface area contributed by atoms with E-state index in [0.717, 1.165) is 35.0 Å². The van der Waals surface area contributed by atoms with E-state index in [2.05, 4.69) is 203 Å². The second-order valence-electron chi connectivity index (χ2n) is 22.8. The molecule has 0 bridgehead atoms. The Morgan fingerprint density at radius 3 is 2.14 bits per heavy atom. The molecular formula is C64H51BN2OS2. The summed E-state index contributed by atoms with van der Waals surface area (Å²) in [5.41, 5.74) is 20.9. The zero-order chi connectivity index (χ0) is 47.3. The van der Waals surface area contributed by atoms with Crippen molar-refractivity contribution in [2.24, 2.45) is 0 Å². The lowest BCUT2D eigenvalue weighted by molar-refractivity contribution is 0.332. The van der Waals surface area contributed by atoms with Crippen LogP contribution in [-0.4, -0.2) is 11.4 Å². The van der Waals surface area contributed by atoms with Crippen LogP contribution in [0.1, 0.15) is 89.1 Å². The van der Waals surface area contributed by atoms with Crippen molar-refractivity contribution in [1.29, 1.82) is 0 Å². The van der Waals surface area contributed by atoms with Gasteiger partial charge in [-0.1, -0.05) is 152 Å². The highest BCUT2D eigenvalue weighted by Crippen LogP contribution is 2.56. The summed E-state index contributed by atoms with van der Waals surface area (Å²) in [6.07, 6.45) is 4.59. The maximum Gasteiger partial charge on any atom is 0.333 e. The Hall–Kier alpha value is -6.73. The minimum absolute atomic E-state index is 0.0106. The van der Waals surface area contributed by atoms with Crippen LogP contribution in [0.3, 0.4) is 0 Å². The number of anilines is 2. The Morgan fingerprint density at radius 1 is 0.657 bits per heavy atom. The van der Waals surface area contributed by atoms with Crippen LogP contribution in [0.25, 0.3) is 91.2 Å². The van der Waals surface area contributed by atoms with E-state index >= 15 is 0 Å². The predicted octanol–water partition coefficient (Wildman–Crippen LogP) is 17.1. The van der Waals surface area contributed by atoms with Crippen LogP contribution < -0.4 is 15.7 Å². The maximum atomic E-state index is 7.36. The maximum absolute atomic E-state index is 7.36. The average Bonchev–Trinajstić information content (AvgIpc) is 4.03. The molecule has 0 N–H and O–H groups in total. The minimum Gasteiger partial charge on any atom is -0.455 e. The summed E-state index contributed by atoms with van der Waals surface area (Å²) in [6.45, 7) is 21.4. The fourth-order valence-electron chi connectivity index (χ4n) is 12.9. The Kier molecular flexibility index (Phi) is 8.09. The summed E-state index contributed by atoms with van der Waals surface area (Å²) in [5.74, 6) is 0. The lowest BCUT2D eigenvalue weighted by Gasteiger charge is -2.43. The van der Waals surface area contributed by atoms with Crippen molar-refractivity contribution in [1.82, 2.24) is 4.57 Å². The molecule has 8 aromatic carbocycles. The van der Waals surface area contributed by atoms with Crippen LogP contribution in [0.4, 0.5) is 11.4 Å². The number of hydrogen-bond acceptors (Lipinski definition) is 4. The molecule has 11 aromatic rings. The highest BCUT2D eigenvalue weighted by molar-refractivity contribution is 8.08. The number of aromatic nitrogens is 1. The lowest BCUT2D eigenvalue weighted by atomic mass is 9.43. The third-order valence-electron chi connectivity index (χ3n) is 16.7. The Bertz CT molecular complexity index is 4210. The number of thioether (sulfide) groups is 1. The summed E-state index contributed by atoms with van der Waals surface area (Å²) in [4.78, 5) is 5.16. The van der Waals surface area contributed by atoms with Gasteiger partial charge in [0, 0.05) is 68.8 Å². The van der Waals surface area contributed by atoms with Crippen LogP contribution >= 0.6 is 23.1 Å². The molecule has 15 rings (SSSR count). The smallest absolute Gasteiger partial charge is 0.333 e. The van der Waals surface area contributed by atoms with Gasteiger partial charge in [0.1, 0.15) is 11.2 Å². The van der Waals surface area contributed by atoms with Crippen molar-refractivity contribution in [3.05, 3.63) is 180 Å². The Balaban J connectivity index is 1.16. The van der Waals surface area contributed by atoms with Crippen LogP contribution in [0, 0.1) is 0 Å². The molecular weight excluding hydrogens is 888 g/mol. The number of allylic oxidation sites excluding steroid dienone is 2. The summed E-state index contributed by atoms with van der Waals surface area (Å²) in [7, 11) is 0. The number of benzene rings is 8. The van der Waals surface area contributed by atoms with Gasteiger partial charge in [-0.05, 0) is 140 Å². The van der Waals surface area contributed by atoms with E-state index in [0.29, 0.717) is 0 Å². The van der Waals surface area contributed by atoms with Gasteiger partial charge in [-0.25, -0.2) is 0 Å². The van der Waals surface area contributed by atoms with E-state index in [1.165, 1.54) is 124 Å². The number of nitrogens with zero attached hydrogens (tertiary/aromatic N) is 2. The lowest BCUT2D eigenvalue weighted by Crippen LogP contribution is -2.60. The van der Waals surface area contributed by atoms with Crippen LogP contribution in [0.15, 0.2) is 161 Å². The minimum atomic E-state index is -0.178. The fourth-order valence-corrected chi connectivity index (χ4v) is 15.2. The SMILES string of the molecule is C=C1C=C(c2ccccc2)Sc2cc3c(cc21)B1c2c(c4c5ccccc5oc4c4c5cc6c(cc5n-3c24)C(C)(C)CCC6(C)C)-c2cc3sc4ccccc4c3cc2N1c1ccc(C(C)(C)C)cc1. The number of furan rings is 1. The zero-order valence-corrected chi connectivity index (χ0v) is 42.3. The topological polar surface area (TPSA) is 21.3 Å². The molecule has 6 heteroatoms. The quantitative estimate of drug-likeness (QED) is 0.161. The molecule has 1 aliphatic carbocycles. The van der Waals surface area contributed by atoms with E-state index in [1.54, 1.807) is 0 Å². The van der Waals surface area contributed by atoms with Crippen molar-refractivity contribution >= 4 is 127 Å². The van der Waals surface area contributed by atoms with Gasteiger partial charge in [0.15, 0.2) is 0 Å². The Morgan fingerprint density at radius 2 is 1.37 bits per heavy atom. The number of thiophene rings is 1. The third-order valence-corrected chi connectivity index (χ3v) is 19.0. The van der Waals surface area contributed by atoms with Gasteiger partial charge in [0.05, 0.1) is 16.4 Å². The predicted molar refractivity (Wildman–Crippen MR) is 303 cm³/mol. The molecule has 70 heavy (non-hydrogen) atoms. The van der Waals surface area contributed by atoms with E-state index in [1.807, 2.05) is 23.1 Å². The molecule has 0 saturated heterocycles. The van der Waals surface area contributed by atoms with Gasteiger partial charge in [-0.2, -0.15) is 0 Å². The molecule has 338 valence electrons. The van der Waals surface area contributed by atoms with Gasteiger partial charge in [-0.3, -0.25) is 0 Å². The summed E-state index contributed by atoms with van der Waals surface area (Å²) >= 11 is 3.77. The van der Waals surface area contributed by atoms with Crippen molar-refractivity contribution in [3.63, 3.8) is 0 Å². The van der Waals surface area contributed by atoms with Gasteiger partial charge in [0.25, 0.3) is 0 Å². The van der Waals surface area contributed by atoms with E-state index in [4.69, 9.17) is 11.0 Å². The van der Waals surface area contributed by atoms with Gasteiger partial charge in [-0.15, -0.1) is 11.3 Å². The summed E-state index contributed by atoms with van der Waals surface area (Å²) in [5, 5.41) is 7.45. The second kappa shape index (κ2) is 13.8. The van der Waals surface area contributed by atoms with Crippen molar-refractivity contribution in [2.45, 2.75) is 82.4 Å². The standard InChI is InChI=1S/C64H51BN2OS2/c1-35-28-53(36-16-10-9-11-17-36)70-55-34-50-47(30-41(35)55)65-59-56(44-32-54-42(39-18-13-15-21-52(39)69-54)31-49(44)67(65)38-24-22-37(23-25-38)62(2,3)4)57-40-19-12-14-20-51(40)68-61(57)58-43-29-45-46(33-48(43)66(50)60(58)59)64(7,8)27-26-63(45,5)6/h9-25,28-34H,1,26-27H2,2-8H3. The monoisotopic (exact) mass is 938 g/mol. The third kappa shape index (κ3) is 5.44. The van der Waals surface area contributed by atoms with Crippen LogP contribution in [0.2, 0.25) is 0 Å². The molecule has 3 nitrogen and oxygen atoms in total. The van der Waals surface area contributed by atoms with E-state index in [-0.39, 0.29) is 23.1 Å². The molecule has 6 heterocycles. The van der Waals surface area contributed by atoms with Gasteiger partial charge in [0.2, 0.25) is 0 Å². The first-order valence-electron chi connectivity index (χ1n) is 24.9. The van der Waals surface area contributed by atoms with Gasteiger partial charge >= 0.3 is 6.85 Å². The molecule has 0 unspecified atom stereocenters. The van der Waals surface area contributed by atoms with Crippen molar-refractivity contribution < 1.29 is 4.42 Å². The molecule has 0 amide bonds. The average molecular weight is 939 g/mol. The first kappa shape index (κ1) is 41.1. The zero-order valence-electron chi connectivity index (χ0n) is 40.7. The van der Waals surface area contributed by atoms with E-state index in [9.17, 15) is 0 Å². The number of rotatable bonds is 2. The molecule has 4 aliphatic rings. The number of fused-ring (bicyclic) bond motifs is 18. The number of hydrogen-bond donors (Lipinski definition) is 0. The second-order valence-corrected chi connectivity index (χ2v) is 24.9. The first-order valence-corrected chi connectivity index (χ1v) is 26.6. The van der Waals surface area contributed by atoms with E-state index < -0.39 is 0 Å². The van der Waals surface area contributed by atoms with Gasteiger partial charge < -0.3 is 13.8 Å². The molecule has 3 aromatic heterocycles. The number of para-hydroxylation sites is 1. The molecule has 0 spiro atoms. The highest BCUT2D eigenvalue weighted by atomic mass is 32.2. The molecule has 0 radical (unpaired) electrons. The van der Waals surface area contributed by atoms with Crippen LogP contribution in [0.5, 0.6) is 0 Å². The summed E-state index contributed by atoms with van der Waals surface area (Å²) in [6, 6.07) is 53.3. The molecule has 0 atom stereocenters. The molecule has 3 aliphatic heterocycles. The first-order chi connectivity index (χ1) is 33.7. The summed E-state index contributed by atoms with van der Waals surface area (Å²) < 4.78 is 12.6. The molecule has 0 fully saturated rings. The fraction of sp³-hybridized carbons (Fsp3) is 0.188. The highest BCUT2D eigenvalue weighted by Gasteiger charge is 2.48. The Labute approximate surface area is 417 Å². The van der Waals surface area contributed by atoms with Crippen molar-refractivity contribution in [3.8, 4) is 16.8 Å². The van der Waals surface area contributed by atoms with Crippen LogP contribution in [-0.2, 0) is 16.2 Å². The molecule has 0 saturated carbocycles. The van der Waals surface area contributed by atoms with Crippen molar-refractivity contribution in [2.75, 3.05) is 4.81 Å².